The summed E-state index contributed by atoms with van der Waals surface area (Å²) in [5.74, 6) is -0.812. The highest BCUT2D eigenvalue weighted by atomic mass is 32.2. The highest BCUT2D eigenvalue weighted by Gasteiger charge is 2.17. The van der Waals surface area contributed by atoms with E-state index in [1.54, 1.807) is 50.6 Å². The fourth-order valence-electron chi connectivity index (χ4n) is 2.53. The van der Waals surface area contributed by atoms with Gasteiger partial charge in [0.25, 0.3) is 0 Å². The van der Waals surface area contributed by atoms with Crippen LogP contribution in [0.4, 0.5) is 10.7 Å². The van der Waals surface area contributed by atoms with E-state index in [4.69, 9.17) is 4.74 Å². The van der Waals surface area contributed by atoms with Crippen molar-refractivity contribution in [3.63, 3.8) is 0 Å². The zero-order valence-electron chi connectivity index (χ0n) is 18.4. The lowest BCUT2D eigenvalue weighted by molar-refractivity contribution is -0.110. The van der Waals surface area contributed by atoms with Gasteiger partial charge in [0.1, 0.15) is 17.9 Å². The van der Waals surface area contributed by atoms with E-state index in [9.17, 15) is 14.4 Å². The Labute approximate surface area is 200 Å². The first-order valence-electron chi connectivity index (χ1n) is 9.77. The van der Waals surface area contributed by atoms with E-state index in [0.29, 0.717) is 24.0 Å². The number of carbonyl (C=O) groups is 3. The van der Waals surface area contributed by atoms with E-state index in [1.807, 2.05) is 12.3 Å². The Morgan fingerprint density at radius 2 is 1.91 bits per heavy atom. The van der Waals surface area contributed by atoms with Gasteiger partial charge in [0.15, 0.2) is 6.29 Å². The monoisotopic (exact) mass is 488 g/mol. The lowest BCUT2D eigenvalue weighted by Gasteiger charge is -2.04. The second-order valence-corrected chi connectivity index (χ2v) is 7.77. The largest absolute Gasteiger partial charge is 0.462 e. The minimum atomic E-state index is -0.494. The van der Waals surface area contributed by atoms with Crippen molar-refractivity contribution in [3.05, 3.63) is 60.2 Å². The van der Waals surface area contributed by atoms with Gasteiger partial charge in [-0.25, -0.2) is 19.6 Å². The van der Waals surface area contributed by atoms with Gasteiger partial charge in [-0.05, 0) is 31.2 Å². The standard InChI is InChI=1S/C12H13N3O2S.C10H11NO3S/c1-3-17-12(16)9-4-10(18-11(9)13-2)8-5-14-7-15-6-8;1-15-11-9-4-2-3-8(7-9)10(13)14-6-5-12/h4-7,13H,3H2,1-2H3;2-5,7,11H,6H2,1H3. The van der Waals surface area contributed by atoms with Crippen molar-refractivity contribution in [1.82, 2.24) is 9.97 Å². The molecule has 11 heteroatoms. The van der Waals surface area contributed by atoms with Crippen molar-refractivity contribution < 1.29 is 23.9 Å². The number of carbonyl (C=O) groups excluding carboxylic acids is 3. The van der Waals surface area contributed by atoms with E-state index >= 15 is 0 Å². The summed E-state index contributed by atoms with van der Waals surface area (Å²) >= 11 is 2.91. The first-order valence-corrected chi connectivity index (χ1v) is 11.8. The molecule has 3 aromatic rings. The molecule has 0 aliphatic carbocycles. The summed E-state index contributed by atoms with van der Waals surface area (Å²) in [6.45, 7) is 1.94. The number of benzene rings is 1. The molecule has 2 N–H and O–H groups in total. The topological polar surface area (TPSA) is 120 Å². The lowest BCUT2D eigenvalue weighted by atomic mass is 10.2. The molecule has 0 spiro atoms. The average molecular weight is 489 g/mol. The van der Waals surface area contributed by atoms with Crippen LogP contribution < -0.4 is 10.0 Å². The number of esters is 2. The van der Waals surface area contributed by atoms with Crippen molar-refractivity contribution in [2.75, 3.05) is 36.6 Å². The normalized spacial score (nSPS) is 9.79. The van der Waals surface area contributed by atoms with Crippen LogP contribution in [-0.4, -0.2) is 54.7 Å². The van der Waals surface area contributed by atoms with Crippen LogP contribution in [0.2, 0.25) is 0 Å². The summed E-state index contributed by atoms with van der Waals surface area (Å²) in [7, 11) is 1.78. The Balaban J connectivity index is 0.000000238. The molecule has 0 radical (unpaired) electrons. The quantitative estimate of drug-likeness (QED) is 0.258. The van der Waals surface area contributed by atoms with Crippen LogP contribution in [0.1, 0.15) is 27.6 Å². The summed E-state index contributed by atoms with van der Waals surface area (Å²) in [6, 6.07) is 8.69. The molecule has 0 saturated carbocycles. The van der Waals surface area contributed by atoms with Gasteiger partial charge in [0, 0.05) is 41.8 Å². The van der Waals surface area contributed by atoms with Gasteiger partial charge in [0.2, 0.25) is 0 Å². The number of ether oxygens (including phenoxy) is 2. The maximum atomic E-state index is 11.8. The molecule has 0 aliphatic heterocycles. The predicted molar refractivity (Wildman–Crippen MR) is 131 cm³/mol. The van der Waals surface area contributed by atoms with Crippen LogP contribution in [-0.2, 0) is 14.3 Å². The number of hydrogen-bond donors (Lipinski definition) is 2. The number of hydrogen-bond acceptors (Lipinski definition) is 11. The van der Waals surface area contributed by atoms with Crippen LogP contribution in [0.15, 0.2) is 49.1 Å². The maximum Gasteiger partial charge on any atom is 0.341 e. The number of nitrogens with zero attached hydrogens (tertiary/aromatic N) is 2. The van der Waals surface area contributed by atoms with Gasteiger partial charge in [-0.15, -0.1) is 11.3 Å². The average Bonchev–Trinajstić information content (AvgIpc) is 3.29. The van der Waals surface area contributed by atoms with Crippen LogP contribution in [0.5, 0.6) is 0 Å². The molecule has 0 atom stereocenters. The number of rotatable bonds is 9. The van der Waals surface area contributed by atoms with Gasteiger partial charge in [-0.2, -0.15) is 0 Å². The van der Waals surface area contributed by atoms with Crippen molar-refractivity contribution in [3.8, 4) is 10.4 Å². The van der Waals surface area contributed by atoms with Gasteiger partial charge >= 0.3 is 11.9 Å². The van der Waals surface area contributed by atoms with Gasteiger partial charge in [-0.3, -0.25) is 4.79 Å². The molecule has 174 valence electrons. The Kier molecular flexibility index (Phi) is 10.8. The second kappa shape index (κ2) is 13.9. The molecule has 0 bridgehead atoms. The van der Waals surface area contributed by atoms with Crippen molar-refractivity contribution in [2.24, 2.45) is 0 Å². The zero-order valence-corrected chi connectivity index (χ0v) is 20.0. The van der Waals surface area contributed by atoms with Crippen molar-refractivity contribution in [1.29, 1.82) is 0 Å². The van der Waals surface area contributed by atoms with Gasteiger partial charge in [0.05, 0.1) is 17.7 Å². The molecule has 33 heavy (non-hydrogen) atoms. The molecule has 2 aromatic heterocycles. The number of aldehydes is 1. The molecule has 0 saturated heterocycles. The molecule has 0 unspecified atom stereocenters. The molecular formula is C22H24N4O5S2. The molecule has 2 heterocycles. The summed E-state index contributed by atoms with van der Waals surface area (Å²) in [6.07, 6.45) is 7.34. The molecule has 0 aliphatic rings. The number of aromatic nitrogens is 2. The number of anilines is 2. The SMILES string of the molecule is CCOC(=O)c1cc(-c2cncnc2)sc1NC.CSNc1cccc(C(=O)OCC=O)c1. The fraction of sp³-hybridized carbons (Fsp3) is 0.227. The molecule has 0 amide bonds. The number of nitrogens with one attached hydrogen (secondary N) is 2. The summed E-state index contributed by atoms with van der Waals surface area (Å²) < 4.78 is 12.7. The molecule has 9 nitrogen and oxygen atoms in total. The molecular weight excluding hydrogens is 464 g/mol. The van der Waals surface area contributed by atoms with Crippen molar-refractivity contribution in [2.45, 2.75) is 6.92 Å². The smallest absolute Gasteiger partial charge is 0.341 e. The summed E-state index contributed by atoms with van der Waals surface area (Å²) in [4.78, 5) is 42.0. The second-order valence-electron chi connectivity index (χ2n) is 6.10. The minimum absolute atomic E-state index is 0.209. The Morgan fingerprint density at radius 3 is 2.55 bits per heavy atom. The molecule has 3 rings (SSSR count). The van der Waals surface area contributed by atoms with Crippen LogP contribution >= 0.6 is 23.3 Å². The first-order chi connectivity index (χ1) is 16.0. The van der Waals surface area contributed by atoms with E-state index < -0.39 is 5.97 Å². The lowest BCUT2D eigenvalue weighted by Crippen LogP contribution is -2.07. The van der Waals surface area contributed by atoms with Crippen molar-refractivity contribution >= 4 is 52.2 Å². The Hall–Kier alpha value is -3.44. The third-order valence-electron chi connectivity index (χ3n) is 3.90. The van der Waals surface area contributed by atoms with Gasteiger partial charge < -0.3 is 19.5 Å². The van der Waals surface area contributed by atoms with E-state index in [2.05, 4.69) is 24.7 Å². The number of thiophene rings is 1. The molecule has 1 aromatic carbocycles. The highest BCUT2D eigenvalue weighted by molar-refractivity contribution is 7.99. The van der Waals surface area contributed by atoms with E-state index in [1.165, 1.54) is 29.6 Å². The molecule has 0 fully saturated rings. The zero-order chi connectivity index (χ0) is 24.1. The van der Waals surface area contributed by atoms with E-state index in [0.717, 1.165) is 21.1 Å². The Bertz CT molecular complexity index is 1060. The van der Waals surface area contributed by atoms with Crippen LogP contribution in [0, 0.1) is 0 Å². The fourth-order valence-corrected chi connectivity index (χ4v) is 3.86. The third-order valence-corrected chi connectivity index (χ3v) is 5.54. The highest BCUT2D eigenvalue weighted by Crippen LogP contribution is 2.35. The maximum absolute atomic E-state index is 11.8. The van der Waals surface area contributed by atoms with Crippen LogP contribution in [0.3, 0.4) is 0 Å². The first kappa shape index (κ1) is 25.8. The summed E-state index contributed by atoms with van der Waals surface area (Å²) in [5.41, 5.74) is 2.68. The Morgan fingerprint density at radius 1 is 1.15 bits per heavy atom. The van der Waals surface area contributed by atoms with E-state index in [-0.39, 0.29) is 12.6 Å². The predicted octanol–water partition coefficient (Wildman–Crippen LogP) is 4.16. The summed E-state index contributed by atoms with van der Waals surface area (Å²) in [5, 5.41) is 3.79. The van der Waals surface area contributed by atoms with Gasteiger partial charge in [-0.1, -0.05) is 18.0 Å². The van der Waals surface area contributed by atoms with Crippen LogP contribution in [0.25, 0.3) is 10.4 Å². The minimum Gasteiger partial charge on any atom is -0.462 e. The third kappa shape index (κ3) is 7.88.